The van der Waals surface area contributed by atoms with Crippen molar-refractivity contribution in [3.63, 3.8) is 0 Å². The predicted octanol–water partition coefficient (Wildman–Crippen LogP) is 1.91. The zero-order valence-corrected chi connectivity index (χ0v) is 16.3. The molecule has 2 aromatic rings. The van der Waals surface area contributed by atoms with E-state index in [1.807, 2.05) is 13.8 Å². The molecule has 0 unspecified atom stereocenters. The normalized spacial score (nSPS) is 19.6. The van der Waals surface area contributed by atoms with Crippen molar-refractivity contribution in [2.24, 2.45) is 5.92 Å². The number of nitrogens with zero attached hydrogens (tertiary/aromatic N) is 5. The van der Waals surface area contributed by atoms with E-state index in [4.69, 9.17) is 0 Å². The molecule has 1 aliphatic rings. The highest BCUT2D eigenvalue weighted by Crippen LogP contribution is 2.16. The van der Waals surface area contributed by atoms with Crippen LogP contribution in [0.4, 0.5) is 0 Å². The standard InChI is InChI=1S/C19H30N6O/c1-13-6-5-9-24(10-13)11-14(2)22-18(26)8-7-17-15(3)23-19-20-12-21-25(19)16(17)4/h12-14H,5-11H2,1-4H3,(H,22,26)/t13-,14-/m1/s1. The monoisotopic (exact) mass is 358 g/mol. The summed E-state index contributed by atoms with van der Waals surface area (Å²) in [5.41, 5.74) is 3.01. The summed E-state index contributed by atoms with van der Waals surface area (Å²) in [6.45, 7) is 11.6. The number of rotatable bonds is 6. The van der Waals surface area contributed by atoms with E-state index in [9.17, 15) is 4.79 Å². The van der Waals surface area contributed by atoms with E-state index in [1.54, 1.807) is 4.52 Å². The molecule has 0 spiro atoms. The minimum Gasteiger partial charge on any atom is -0.352 e. The first-order valence-electron chi connectivity index (χ1n) is 9.61. The highest BCUT2D eigenvalue weighted by Gasteiger charge is 2.19. The average molecular weight is 358 g/mol. The Bertz CT molecular complexity index is 771. The molecule has 7 heteroatoms. The fourth-order valence-electron chi connectivity index (χ4n) is 3.99. The molecule has 7 nitrogen and oxygen atoms in total. The number of aromatic nitrogens is 4. The molecule has 1 N–H and O–H groups in total. The molecule has 0 radical (unpaired) electrons. The molecule has 0 aromatic carbocycles. The van der Waals surface area contributed by atoms with Crippen molar-refractivity contribution in [2.75, 3.05) is 19.6 Å². The van der Waals surface area contributed by atoms with Crippen molar-refractivity contribution in [1.82, 2.24) is 29.8 Å². The van der Waals surface area contributed by atoms with Crippen LogP contribution >= 0.6 is 0 Å². The fourth-order valence-corrected chi connectivity index (χ4v) is 3.99. The van der Waals surface area contributed by atoms with Crippen LogP contribution < -0.4 is 5.32 Å². The maximum absolute atomic E-state index is 12.4. The average Bonchev–Trinajstić information content (AvgIpc) is 3.02. The van der Waals surface area contributed by atoms with Crippen LogP contribution in [0.2, 0.25) is 0 Å². The van der Waals surface area contributed by atoms with Crippen LogP contribution in [0, 0.1) is 19.8 Å². The van der Waals surface area contributed by atoms with Gasteiger partial charge < -0.3 is 10.2 Å². The molecule has 0 aliphatic carbocycles. The van der Waals surface area contributed by atoms with Gasteiger partial charge in [0.05, 0.1) is 0 Å². The third kappa shape index (κ3) is 4.38. The first-order chi connectivity index (χ1) is 12.4. The quantitative estimate of drug-likeness (QED) is 0.854. The molecule has 1 saturated heterocycles. The van der Waals surface area contributed by atoms with Crippen LogP contribution in [0.1, 0.15) is 50.1 Å². The van der Waals surface area contributed by atoms with Gasteiger partial charge in [-0.1, -0.05) is 6.92 Å². The number of hydrogen-bond donors (Lipinski definition) is 1. The molecule has 1 fully saturated rings. The first kappa shape index (κ1) is 18.8. The van der Waals surface area contributed by atoms with Crippen LogP contribution in [0.25, 0.3) is 5.78 Å². The van der Waals surface area contributed by atoms with Crippen molar-refractivity contribution in [3.8, 4) is 0 Å². The smallest absolute Gasteiger partial charge is 0.252 e. The van der Waals surface area contributed by atoms with E-state index in [0.717, 1.165) is 42.5 Å². The second-order valence-corrected chi connectivity index (χ2v) is 7.71. The van der Waals surface area contributed by atoms with Gasteiger partial charge in [0.2, 0.25) is 5.91 Å². The lowest BCUT2D eigenvalue weighted by atomic mass is 10.00. The number of carbonyl (C=O) groups is 1. The molecule has 3 heterocycles. The SMILES string of the molecule is Cc1nc2ncnn2c(C)c1CCC(=O)N[C@H](C)CN1CCC[C@@H](C)C1. The van der Waals surface area contributed by atoms with Crippen molar-refractivity contribution >= 4 is 11.7 Å². The molecule has 0 saturated carbocycles. The lowest BCUT2D eigenvalue weighted by Crippen LogP contribution is -2.45. The predicted molar refractivity (Wildman–Crippen MR) is 101 cm³/mol. The molecule has 26 heavy (non-hydrogen) atoms. The Morgan fingerprint density at radius 2 is 2.23 bits per heavy atom. The summed E-state index contributed by atoms with van der Waals surface area (Å²) in [5, 5.41) is 7.35. The molecule has 2 atom stereocenters. The molecule has 2 aromatic heterocycles. The van der Waals surface area contributed by atoms with Crippen LogP contribution in [0.3, 0.4) is 0 Å². The Hall–Kier alpha value is -2.02. The Morgan fingerprint density at radius 3 is 3.00 bits per heavy atom. The largest absolute Gasteiger partial charge is 0.352 e. The zero-order chi connectivity index (χ0) is 18.7. The number of amides is 1. The maximum Gasteiger partial charge on any atom is 0.252 e. The van der Waals surface area contributed by atoms with Gasteiger partial charge in [0.15, 0.2) is 0 Å². The number of aryl methyl sites for hydroxylation is 2. The Labute approximate surface area is 155 Å². The first-order valence-corrected chi connectivity index (χ1v) is 9.61. The third-order valence-electron chi connectivity index (χ3n) is 5.27. The molecular weight excluding hydrogens is 328 g/mol. The second kappa shape index (κ2) is 8.12. The molecule has 1 aliphatic heterocycles. The maximum atomic E-state index is 12.4. The third-order valence-corrected chi connectivity index (χ3v) is 5.27. The molecular formula is C19H30N6O. The van der Waals surface area contributed by atoms with Crippen LogP contribution in [0.5, 0.6) is 0 Å². The van der Waals surface area contributed by atoms with E-state index in [-0.39, 0.29) is 11.9 Å². The van der Waals surface area contributed by atoms with E-state index in [2.05, 4.69) is 39.1 Å². The highest BCUT2D eigenvalue weighted by molar-refractivity contribution is 5.76. The number of fused-ring (bicyclic) bond motifs is 1. The number of hydrogen-bond acceptors (Lipinski definition) is 5. The Morgan fingerprint density at radius 1 is 1.42 bits per heavy atom. The lowest BCUT2D eigenvalue weighted by molar-refractivity contribution is -0.121. The van der Waals surface area contributed by atoms with Gasteiger partial charge >= 0.3 is 0 Å². The molecule has 3 rings (SSSR count). The summed E-state index contributed by atoms with van der Waals surface area (Å²) in [4.78, 5) is 23.5. The van der Waals surface area contributed by atoms with Crippen LogP contribution in [-0.4, -0.2) is 56.1 Å². The molecule has 0 bridgehead atoms. The van der Waals surface area contributed by atoms with Crippen LogP contribution in [-0.2, 0) is 11.2 Å². The minimum absolute atomic E-state index is 0.0973. The van der Waals surface area contributed by atoms with Gasteiger partial charge in [0.1, 0.15) is 6.33 Å². The summed E-state index contributed by atoms with van der Waals surface area (Å²) in [5.74, 6) is 1.47. The van der Waals surface area contributed by atoms with Gasteiger partial charge in [0.25, 0.3) is 5.78 Å². The van der Waals surface area contributed by atoms with Gasteiger partial charge in [-0.3, -0.25) is 4.79 Å². The van der Waals surface area contributed by atoms with Crippen molar-refractivity contribution in [1.29, 1.82) is 0 Å². The highest BCUT2D eigenvalue weighted by atomic mass is 16.1. The van der Waals surface area contributed by atoms with Gasteiger partial charge in [-0.05, 0) is 58.1 Å². The van der Waals surface area contributed by atoms with Crippen molar-refractivity contribution in [2.45, 2.75) is 59.4 Å². The van der Waals surface area contributed by atoms with Gasteiger partial charge in [0, 0.05) is 36.9 Å². The lowest BCUT2D eigenvalue weighted by Gasteiger charge is -2.32. The summed E-state index contributed by atoms with van der Waals surface area (Å²) < 4.78 is 1.74. The van der Waals surface area contributed by atoms with Crippen molar-refractivity contribution in [3.05, 3.63) is 23.3 Å². The summed E-state index contributed by atoms with van der Waals surface area (Å²) in [6, 6.07) is 0.172. The van der Waals surface area contributed by atoms with Crippen molar-refractivity contribution < 1.29 is 4.79 Å². The Kier molecular flexibility index (Phi) is 5.86. The number of likely N-dealkylation sites (tertiary alicyclic amines) is 1. The number of piperidine rings is 1. The topological polar surface area (TPSA) is 75.4 Å². The van der Waals surface area contributed by atoms with Gasteiger partial charge in [-0.15, -0.1) is 0 Å². The molecule has 1 amide bonds. The van der Waals surface area contributed by atoms with E-state index in [0.29, 0.717) is 18.6 Å². The van der Waals surface area contributed by atoms with Crippen LogP contribution in [0.15, 0.2) is 6.33 Å². The number of nitrogens with one attached hydrogen (secondary N) is 1. The number of carbonyl (C=O) groups excluding carboxylic acids is 1. The van der Waals surface area contributed by atoms with E-state index >= 15 is 0 Å². The van der Waals surface area contributed by atoms with Gasteiger partial charge in [-0.25, -0.2) is 9.50 Å². The summed E-state index contributed by atoms with van der Waals surface area (Å²) >= 11 is 0. The summed E-state index contributed by atoms with van der Waals surface area (Å²) in [6.07, 6.45) is 5.22. The molecule has 142 valence electrons. The van der Waals surface area contributed by atoms with E-state index < -0.39 is 0 Å². The van der Waals surface area contributed by atoms with E-state index in [1.165, 1.54) is 19.2 Å². The van der Waals surface area contributed by atoms with Gasteiger partial charge in [-0.2, -0.15) is 10.1 Å². The summed E-state index contributed by atoms with van der Waals surface area (Å²) in [7, 11) is 0. The zero-order valence-electron chi connectivity index (χ0n) is 16.3. The second-order valence-electron chi connectivity index (χ2n) is 7.71. The fraction of sp³-hybridized carbons (Fsp3) is 0.684. The Balaban J connectivity index is 1.52. The minimum atomic E-state index is 0.0973.